The molecule has 2 N–H and O–H groups in total. The van der Waals surface area contributed by atoms with Crippen LogP contribution in [0.4, 0.5) is 11.6 Å². The quantitative estimate of drug-likeness (QED) is 0.659. The summed E-state index contributed by atoms with van der Waals surface area (Å²) in [5.41, 5.74) is 2.13. The maximum atomic E-state index is 5.37. The standard InChI is InChI=1S/C19H21N5O/c1-25-17-8-3-2-6-15(17)9-11-21-18-12-19(24-14-23-18)22-13-16-7-4-5-10-20-16/h2-8,10,12,14H,9,11,13H2,1H3,(H2,21,22,23,24). The highest BCUT2D eigenvalue weighted by Crippen LogP contribution is 2.18. The number of hydrogen-bond acceptors (Lipinski definition) is 6. The molecule has 25 heavy (non-hydrogen) atoms. The normalized spacial score (nSPS) is 10.3. The van der Waals surface area contributed by atoms with Gasteiger partial charge in [-0.25, -0.2) is 9.97 Å². The van der Waals surface area contributed by atoms with E-state index in [1.54, 1.807) is 19.6 Å². The molecule has 0 unspecified atom stereocenters. The molecule has 1 aromatic carbocycles. The van der Waals surface area contributed by atoms with E-state index in [4.69, 9.17) is 4.74 Å². The van der Waals surface area contributed by atoms with Crippen molar-refractivity contribution in [2.45, 2.75) is 13.0 Å². The third-order valence-electron chi connectivity index (χ3n) is 3.74. The topological polar surface area (TPSA) is 72.0 Å². The van der Waals surface area contributed by atoms with Crippen LogP contribution in [0.25, 0.3) is 0 Å². The molecule has 0 atom stereocenters. The lowest BCUT2D eigenvalue weighted by molar-refractivity contribution is 0.410. The lowest BCUT2D eigenvalue weighted by atomic mass is 10.1. The maximum absolute atomic E-state index is 5.37. The number of methoxy groups -OCH3 is 1. The van der Waals surface area contributed by atoms with Crippen molar-refractivity contribution >= 4 is 11.6 Å². The zero-order valence-corrected chi connectivity index (χ0v) is 14.1. The van der Waals surface area contributed by atoms with Crippen LogP contribution in [0.1, 0.15) is 11.3 Å². The molecular weight excluding hydrogens is 314 g/mol. The van der Waals surface area contributed by atoms with Gasteiger partial charge >= 0.3 is 0 Å². The molecule has 0 spiro atoms. The molecule has 0 aliphatic rings. The first kappa shape index (κ1) is 16.7. The molecule has 3 rings (SSSR count). The number of hydrogen-bond donors (Lipinski definition) is 2. The second kappa shape index (κ2) is 8.63. The van der Waals surface area contributed by atoms with Crippen molar-refractivity contribution in [1.29, 1.82) is 0 Å². The summed E-state index contributed by atoms with van der Waals surface area (Å²) in [5.74, 6) is 2.46. The van der Waals surface area contributed by atoms with Gasteiger partial charge in [0.15, 0.2) is 0 Å². The van der Waals surface area contributed by atoms with Gasteiger partial charge in [-0.05, 0) is 30.2 Å². The van der Waals surface area contributed by atoms with Crippen molar-refractivity contribution in [3.8, 4) is 5.75 Å². The average Bonchev–Trinajstić information content (AvgIpc) is 2.68. The number of nitrogens with one attached hydrogen (secondary N) is 2. The fraction of sp³-hybridized carbons (Fsp3) is 0.211. The predicted molar refractivity (Wildman–Crippen MR) is 98.8 cm³/mol. The lowest BCUT2D eigenvalue weighted by Crippen LogP contribution is -2.09. The fourth-order valence-corrected chi connectivity index (χ4v) is 2.47. The van der Waals surface area contributed by atoms with Crippen LogP contribution in [-0.2, 0) is 13.0 Å². The van der Waals surface area contributed by atoms with Gasteiger partial charge in [0.05, 0.1) is 19.3 Å². The summed E-state index contributed by atoms with van der Waals surface area (Å²) in [7, 11) is 1.69. The second-order valence-electron chi connectivity index (χ2n) is 5.45. The van der Waals surface area contributed by atoms with Crippen LogP contribution in [0.15, 0.2) is 61.1 Å². The number of pyridine rings is 1. The maximum Gasteiger partial charge on any atom is 0.131 e. The van der Waals surface area contributed by atoms with Crippen LogP contribution in [0.2, 0.25) is 0 Å². The molecule has 0 saturated carbocycles. The SMILES string of the molecule is COc1ccccc1CCNc1cc(NCc2ccccn2)ncn1. The molecule has 0 saturated heterocycles. The number of para-hydroxylation sites is 1. The van der Waals surface area contributed by atoms with Gasteiger partial charge in [-0.1, -0.05) is 24.3 Å². The second-order valence-corrected chi connectivity index (χ2v) is 5.45. The summed E-state index contributed by atoms with van der Waals surface area (Å²) in [6.07, 6.45) is 4.18. The van der Waals surface area contributed by atoms with E-state index in [1.807, 2.05) is 42.5 Å². The molecule has 6 heteroatoms. The molecule has 3 aromatic rings. The number of ether oxygens (including phenoxy) is 1. The van der Waals surface area contributed by atoms with Gasteiger partial charge < -0.3 is 15.4 Å². The molecule has 0 bridgehead atoms. The monoisotopic (exact) mass is 335 g/mol. The van der Waals surface area contributed by atoms with Crippen molar-refractivity contribution in [1.82, 2.24) is 15.0 Å². The highest BCUT2D eigenvalue weighted by atomic mass is 16.5. The Hall–Kier alpha value is -3.15. The van der Waals surface area contributed by atoms with E-state index < -0.39 is 0 Å². The predicted octanol–water partition coefficient (Wildman–Crippen LogP) is 3.15. The van der Waals surface area contributed by atoms with Crippen LogP contribution < -0.4 is 15.4 Å². The van der Waals surface area contributed by atoms with Gasteiger partial charge in [0, 0.05) is 18.8 Å². The summed E-state index contributed by atoms with van der Waals surface area (Å²) in [4.78, 5) is 12.8. The summed E-state index contributed by atoms with van der Waals surface area (Å²) in [6.45, 7) is 1.38. The number of aromatic nitrogens is 3. The van der Waals surface area contributed by atoms with Crippen LogP contribution in [0.3, 0.4) is 0 Å². The number of anilines is 2. The zero-order chi connectivity index (χ0) is 17.3. The van der Waals surface area contributed by atoms with E-state index >= 15 is 0 Å². The molecule has 0 amide bonds. The van der Waals surface area contributed by atoms with E-state index in [1.165, 1.54) is 5.56 Å². The van der Waals surface area contributed by atoms with Gasteiger partial charge in [-0.3, -0.25) is 4.98 Å². The van der Waals surface area contributed by atoms with Gasteiger partial charge in [0.25, 0.3) is 0 Å². The zero-order valence-electron chi connectivity index (χ0n) is 14.1. The Morgan fingerprint density at radius 2 is 1.72 bits per heavy atom. The van der Waals surface area contributed by atoms with Gasteiger partial charge in [0.1, 0.15) is 23.7 Å². The van der Waals surface area contributed by atoms with E-state index in [9.17, 15) is 0 Å². The molecule has 0 aliphatic heterocycles. The highest BCUT2D eigenvalue weighted by molar-refractivity contribution is 5.46. The minimum absolute atomic E-state index is 0.624. The van der Waals surface area contributed by atoms with Crippen molar-refractivity contribution in [3.05, 3.63) is 72.3 Å². The Morgan fingerprint density at radius 1 is 0.920 bits per heavy atom. The Kier molecular flexibility index (Phi) is 5.77. The smallest absolute Gasteiger partial charge is 0.131 e. The first-order valence-electron chi connectivity index (χ1n) is 8.17. The van der Waals surface area contributed by atoms with Crippen LogP contribution >= 0.6 is 0 Å². The largest absolute Gasteiger partial charge is 0.496 e. The number of nitrogens with zero attached hydrogens (tertiary/aromatic N) is 3. The first-order valence-corrected chi connectivity index (χ1v) is 8.17. The van der Waals surface area contributed by atoms with Gasteiger partial charge in [0.2, 0.25) is 0 Å². The van der Waals surface area contributed by atoms with Crippen molar-refractivity contribution < 1.29 is 4.74 Å². The molecular formula is C19H21N5O. The van der Waals surface area contributed by atoms with Crippen LogP contribution in [-0.4, -0.2) is 28.6 Å². The average molecular weight is 335 g/mol. The summed E-state index contributed by atoms with van der Waals surface area (Å²) in [6, 6.07) is 15.8. The van der Waals surface area contributed by atoms with Gasteiger partial charge in [-0.2, -0.15) is 0 Å². The van der Waals surface area contributed by atoms with Crippen molar-refractivity contribution in [2.24, 2.45) is 0 Å². The first-order chi connectivity index (χ1) is 12.3. The summed E-state index contributed by atoms with van der Waals surface area (Å²) in [5, 5.41) is 6.57. The number of rotatable bonds is 8. The van der Waals surface area contributed by atoms with E-state index in [2.05, 4.69) is 31.7 Å². The van der Waals surface area contributed by atoms with Crippen molar-refractivity contribution in [3.63, 3.8) is 0 Å². The molecule has 0 aliphatic carbocycles. The van der Waals surface area contributed by atoms with E-state index in [0.717, 1.165) is 36.0 Å². The third kappa shape index (κ3) is 4.91. The summed E-state index contributed by atoms with van der Waals surface area (Å²) < 4.78 is 5.37. The Bertz CT molecular complexity index is 795. The molecule has 0 radical (unpaired) electrons. The highest BCUT2D eigenvalue weighted by Gasteiger charge is 2.03. The fourth-order valence-electron chi connectivity index (χ4n) is 2.47. The minimum atomic E-state index is 0.624. The Morgan fingerprint density at radius 3 is 2.52 bits per heavy atom. The molecule has 0 fully saturated rings. The van der Waals surface area contributed by atoms with E-state index in [-0.39, 0.29) is 0 Å². The summed E-state index contributed by atoms with van der Waals surface area (Å²) >= 11 is 0. The molecule has 2 aromatic heterocycles. The number of benzene rings is 1. The molecule has 6 nitrogen and oxygen atoms in total. The van der Waals surface area contributed by atoms with Crippen molar-refractivity contribution in [2.75, 3.05) is 24.3 Å². The molecule has 128 valence electrons. The Labute approximate surface area is 147 Å². The van der Waals surface area contributed by atoms with Crippen LogP contribution in [0, 0.1) is 0 Å². The Balaban J connectivity index is 1.53. The van der Waals surface area contributed by atoms with Gasteiger partial charge in [-0.15, -0.1) is 0 Å². The lowest BCUT2D eigenvalue weighted by Gasteiger charge is -2.10. The van der Waals surface area contributed by atoms with E-state index in [0.29, 0.717) is 6.54 Å². The van der Waals surface area contributed by atoms with Crippen LogP contribution in [0.5, 0.6) is 5.75 Å². The minimum Gasteiger partial charge on any atom is -0.496 e. The molecule has 2 heterocycles. The third-order valence-corrected chi connectivity index (χ3v) is 3.74.